The van der Waals surface area contributed by atoms with Gasteiger partial charge in [0.15, 0.2) is 0 Å². The van der Waals surface area contributed by atoms with Gasteiger partial charge in [-0.1, -0.05) is 19.4 Å². The van der Waals surface area contributed by atoms with Crippen LogP contribution in [0.5, 0.6) is 0 Å². The quantitative estimate of drug-likeness (QED) is 0.874. The van der Waals surface area contributed by atoms with E-state index in [1.165, 1.54) is 18.4 Å². The van der Waals surface area contributed by atoms with Crippen molar-refractivity contribution >= 4 is 0 Å². The van der Waals surface area contributed by atoms with Crippen LogP contribution in [0.3, 0.4) is 0 Å². The molecule has 0 saturated carbocycles. The lowest BCUT2D eigenvalue weighted by atomic mass is 10.0. The molecule has 0 aliphatic rings. The Kier molecular flexibility index (Phi) is 4.61. The SMILES string of the molecule is CCCCc1ccn(Cc2cccc(C(C)(C)O)n2)c1. The van der Waals surface area contributed by atoms with Gasteiger partial charge in [0, 0.05) is 12.4 Å². The molecule has 0 atom stereocenters. The second-order valence-electron chi connectivity index (χ2n) is 5.87. The fourth-order valence-corrected chi connectivity index (χ4v) is 2.21. The fourth-order valence-electron chi connectivity index (χ4n) is 2.21. The summed E-state index contributed by atoms with van der Waals surface area (Å²) < 4.78 is 2.15. The molecule has 0 unspecified atom stereocenters. The molecule has 3 heteroatoms. The van der Waals surface area contributed by atoms with E-state index in [1.807, 2.05) is 18.2 Å². The zero-order valence-corrected chi connectivity index (χ0v) is 12.6. The van der Waals surface area contributed by atoms with E-state index in [-0.39, 0.29) is 0 Å². The highest BCUT2D eigenvalue weighted by Crippen LogP contribution is 2.17. The number of rotatable bonds is 6. The fraction of sp³-hybridized carbons (Fsp3) is 0.471. The van der Waals surface area contributed by atoms with Crippen molar-refractivity contribution in [3.8, 4) is 0 Å². The predicted molar refractivity (Wildman–Crippen MR) is 81.6 cm³/mol. The van der Waals surface area contributed by atoms with Crippen molar-refractivity contribution < 1.29 is 5.11 Å². The molecule has 0 saturated heterocycles. The third-order valence-corrected chi connectivity index (χ3v) is 3.41. The number of aromatic nitrogens is 2. The molecule has 2 aromatic heterocycles. The second kappa shape index (κ2) is 6.23. The maximum Gasteiger partial charge on any atom is 0.101 e. The van der Waals surface area contributed by atoms with Gasteiger partial charge in [0.1, 0.15) is 5.60 Å². The van der Waals surface area contributed by atoms with Gasteiger partial charge in [0.25, 0.3) is 0 Å². The maximum absolute atomic E-state index is 10.0. The van der Waals surface area contributed by atoms with Gasteiger partial charge >= 0.3 is 0 Å². The van der Waals surface area contributed by atoms with Crippen LogP contribution in [0.1, 0.15) is 50.6 Å². The van der Waals surface area contributed by atoms with Crippen LogP contribution in [0.25, 0.3) is 0 Å². The van der Waals surface area contributed by atoms with Crippen LogP contribution in [-0.4, -0.2) is 14.7 Å². The van der Waals surface area contributed by atoms with Gasteiger partial charge in [-0.3, -0.25) is 4.98 Å². The third kappa shape index (κ3) is 3.94. The van der Waals surface area contributed by atoms with Crippen molar-refractivity contribution in [2.24, 2.45) is 0 Å². The summed E-state index contributed by atoms with van der Waals surface area (Å²) >= 11 is 0. The Bertz CT molecular complexity index is 552. The van der Waals surface area contributed by atoms with Crippen molar-refractivity contribution in [1.29, 1.82) is 0 Å². The second-order valence-corrected chi connectivity index (χ2v) is 5.87. The number of unbranched alkanes of at least 4 members (excludes halogenated alkanes) is 1. The summed E-state index contributed by atoms with van der Waals surface area (Å²) in [5, 5.41) is 10.0. The number of aliphatic hydroxyl groups is 1. The monoisotopic (exact) mass is 272 g/mol. The molecule has 0 aromatic carbocycles. The van der Waals surface area contributed by atoms with Crippen LogP contribution in [0.2, 0.25) is 0 Å². The Labute approximate surface area is 121 Å². The highest BCUT2D eigenvalue weighted by atomic mass is 16.3. The van der Waals surface area contributed by atoms with Gasteiger partial charge < -0.3 is 9.67 Å². The van der Waals surface area contributed by atoms with Crippen LogP contribution in [0.4, 0.5) is 0 Å². The van der Waals surface area contributed by atoms with Crippen molar-refractivity contribution in [1.82, 2.24) is 9.55 Å². The van der Waals surface area contributed by atoms with Crippen LogP contribution in [0, 0.1) is 0 Å². The first-order valence-corrected chi connectivity index (χ1v) is 7.32. The lowest BCUT2D eigenvalue weighted by Crippen LogP contribution is -2.18. The number of hydrogen-bond acceptors (Lipinski definition) is 2. The summed E-state index contributed by atoms with van der Waals surface area (Å²) in [6.07, 6.45) is 7.88. The Morgan fingerprint density at radius 1 is 1.25 bits per heavy atom. The molecule has 108 valence electrons. The molecule has 2 rings (SSSR count). The molecule has 0 bridgehead atoms. The van der Waals surface area contributed by atoms with E-state index in [0.29, 0.717) is 5.69 Å². The van der Waals surface area contributed by atoms with E-state index < -0.39 is 5.60 Å². The van der Waals surface area contributed by atoms with Crippen LogP contribution < -0.4 is 0 Å². The van der Waals surface area contributed by atoms with Gasteiger partial charge in [-0.15, -0.1) is 0 Å². The first kappa shape index (κ1) is 14.8. The first-order valence-electron chi connectivity index (χ1n) is 7.32. The third-order valence-electron chi connectivity index (χ3n) is 3.41. The summed E-state index contributed by atoms with van der Waals surface area (Å²) in [7, 11) is 0. The average molecular weight is 272 g/mol. The zero-order valence-electron chi connectivity index (χ0n) is 12.6. The van der Waals surface area contributed by atoms with E-state index in [9.17, 15) is 5.11 Å². The molecule has 1 N–H and O–H groups in total. The zero-order chi connectivity index (χ0) is 14.6. The minimum atomic E-state index is -0.890. The normalized spacial score (nSPS) is 11.8. The van der Waals surface area contributed by atoms with Crippen LogP contribution >= 0.6 is 0 Å². The van der Waals surface area contributed by atoms with Gasteiger partial charge in [0.05, 0.1) is 17.9 Å². The molecular weight excluding hydrogens is 248 g/mol. The smallest absolute Gasteiger partial charge is 0.101 e. The van der Waals surface area contributed by atoms with Gasteiger partial charge in [-0.2, -0.15) is 0 Å². The predicted octanol–water partition coefficient (Wildman–Crippen LogP) is 3.50. The molecule has 0 fully saturated rings. The van der Waals surface area contributed by atoms with Crippen molar-refractivity contribution in [3.63, 3.8) is 0 Å². The van der Waals surface area contributed by atoms with Crippen LogP contribution in [-0.2, 0) is 18.6 Å². The van der Waals surface area contributed by atoms with E-state index in [0.717, 1.165) is 18.7 Å². The molecule has 0 aliphatic heterocycles. The molecule has 2 aromatic rings. The maximum atomic E-state index is 10.0. The largest absolute Gasteiger partial charge is 0.384 e. The Hall–Kier alpha value is -1.61. The number of hydrogen-bond donors (Lipinski definition) is 1. The first-order chi connectivity index (χ1) is 9.49. The standard InChI is InChI=1S/C17H24N2O/c1-4-5-7-14-10-11-19(12-14)13-15-8-6-9-16(18-15)17(2,3)20/h6,8-12,20H,4-5,7,13H2,1-3H3. The van der Waals surface area contributed by atoms with Crippen molar-refractivity contribution in [2.75, 3.05) is 0 Å². The molecule has 3 nitrogen and oxygen atoms in total. The average Bonchev–Trinajstić information content (AvgIpc) is 2.83. The molecule has 20 heavy (non-hydrogen) atoms. The highest BCUT2D eigenvalue weighted by molar-refractivity contribution is 5.17. The summed E-state index contributed by atoms with van der Waals surface area (Å²) in [4.78, 5) is 4.54. The van der Waals surface area contributed by atoms with E-state index in [4.69, 9.17) is 0 Å². The van der Waals surface area contributed by atoms with Crippen LogP contribution in [0.15, 0.2) is 36.7 Å². The van der Waals surface area contributed by atoms with Crippen molar-refractivity contribution in [3.05, 3.63) is 53.6 Å². The van der Waals surface area contributed by atoms with E-state index in [1.54, 1.807) is 13.8 Å². The Morgan fingerprint density at radius 3 is 2.75 bits per heavy atom. The summed E-state index contributed by atoms with van der Waals surface area (Å²) in [5.41, 5.74) is 2.18. The Morgan fingerprint density at radius 2 is 2.05 bits per heavy atom. The minimum Gasteiger partial charge on any atom is -0.384 e. The number of nitrogens with zero attached hydrogens (tertiary/aromatic N) is 2. The van der Waals surface area contributed by atoms with Gasteiger partial charge in [-0.25, -0.2) is 0 Å². The van der Waals surface area contributed by atoms with Gasteiger partial charge in [-0.05, 0) is 50.5 Å². The molecule has 2 heterocycles. The number of aryl methyl sites for hydroxylation is 1. The molecule has 0 spiro atoms. The van der Waals surface area contributed by atoms with E-state index >= 15 is 0 Å². The van der Waals surface area contributed by atoms with E-state index in [2.05, 4.69) is 34.9 Å². The molecule has 0 amide bonds. The summed E-state index contributed by atoms with van der Waals surface area (Å²) in [6.45, 7) is 6.48. The van der Waals surface area contributed by atoms with Crippen molar-refractivity contribution in [2.45, 2.75) is 52.2 Å². The minimum absolute atomic E-state index is 0.716. The lowest BCUT2D eigenvalue weighted by molar-refractivity contribution is 0.0736. The van der Waals surface area contributed by atoms with Gasteiger partial charge in [0.2, 0.25) is 0 Å². The molecular formula is C17H24N2O. The molecule has 0 aliphatic carbocycles. The summed E-state index contributed by atoms with van der Waals surface area (Å²) in [6, 6.07) is 8.00. The molecule has 0 radical (unpaired) electrons. The number of pyridine rings is 1. The lowest BCUT2D eigenvalue weighted by Gasteiger charge is -2.17. The highest BCUT2D eigenvalue weighted by Gasteiger charge is 2.17. The topological polar surface area (TPSA) is 38.0 Å². The summed E-state index contributed by atoms with van der Waals surface area (Å²) in [5.74, 6) is 0. The Balaban J connectivity index is 2.08.